The molecule has 13 amide bonds. The Morgan fingerprint density at radius 3 is 1.00 bits per heavy atom. The average molecular weight is 1790 g/mol. The number of likely N-dealkylation sites (tertiary alicyclic amines) is 5. The van der Waals surface area contributed by atoms with Gasteiger partial charge in [-0.1, -0.05) is 125 Å². The third-order valence-corrected chi connectivity index (χ3v) is 27.3. The van der Waals surface area contributed by atoms with E-state index in [2.05, 4.69) is 62.1 Å². The monoisotopic (exact) mass is 1790 g/mol. The van der Waals surface area contributed by atoms with Crippen LogP contribution in [-0.2, 0) is 94.4 Å². The highest BCUT2D eigenvalue weighted by molar-refractivity contribution is 6.03. The molecule has 10 heterocycles. The number of primary amides is 1. The van der Waals surface area contributed by atoms with Crippen LogP contribution in [0.4, 0.5) is 0 Å². The Morgan fingerprint density at radius 2 is 0.649 bits per heavy atom. The number of amides is 13. The molecule has 5 saturated heterocycles. The van der Waals surface area contributed by atoms with Crippen LogP contribution in [0.25, 0.3) is 54.5 Å². The zero-order chi connectivity index (χ0) is 92.3. The Labute approximate surface area is 759 Å². The van der Waals surface area contributed by atoms with Crippen molar-refractivity contribution in [2.45, 2.75) is 235 Å². The zero-order valence-corrected chi connectivity index (χ0v) is 74.8. The fraction of sp³-hybridized carbons (Fsp3) is 0.459. The van der Waals surface area contributed by atoms with Gasteiger partial charge in [0.25, 0.3) is 0 Å². The quantitative estimate of drug-likeness (QED) is 0.0198. The normalized spacial score (nSPS) is 19.6. The Bertz CT molecular complexity index is 5870. The topological polar surface area (TPSA) is 479 Å². The van der Waals surface area contributed by atoms with Gasteiger partial charge in [-0.05, 0) is 166 Å². The van der Waals surface area contributed by atoms with Gasteiger partial charge in [0.05, 0.1) is 6.04 Å². The van der Waals surface area contributed by atoms with E-state index in [1.807, 2.05) is 149 Å². The van der Waals surface area contributed by atoms with Gasteiger partial charge in [0.2, 0.25) is 76.8 Å². The predicted molar refractivity (Wildman–Crippen MR) is 496 cm³/mol. The molecule has 10 aromatic rings. The number of hydrogen-bond acceptors (Lipinski definition) is 15. The highest BCUT2D eigenvalue weighted by Crippen LogP contribution is 2.33. The number of aromatic nitrogens is 5. The SMILES string of the molecule is CC[C@H](C)[C@H](N)C(=O)N[C@@H](CC(C)C)C(=O)N1CCC[C@H]1C(=O)N[C@@H](Cc1c[nH]c2ccccc12)C(=O)N[C@@H](CCCCN)C(=O)N[C@@H](Cc1c[nH]c2ccccc12)C(=O)N1CCC[C@H]1C(=O)N[C@@H](Cc1c[nH]c2ccccc12)C(=O)N[C@@H](Cc1c[nH]c2ccccc12)C(=O)N1CCC[C@H]1C(=O)N[C@@H](Cc1c[nH]c2ccccc12)C(=O)N1CCC[C@H]1C(=O)N1CCC[C@H]1C(N)=O. The molecule has 131 heavy (non-hydrogen) atoms. The van der Waals surface area contributed by atoms with Crippen molar-refractivity contribution in [3.05, 3.63) is 180 Å². The number of para-hydroxylation sites is 5. The van der Waals surface area contributed by atoms with Gasteiger partial charge in [-0.3, -0.25) is 62.3 Å². The lowest BCUT2D eigenvalue weighted by Crippen LogP contribution is -2.61. The summed E-state index contributed by atoms with van der Waals surface area (Å²) in [5.74, 6) is -8.14. The number of unbranched alkanes of at least 4 members (excludes halogenated alkanes) is 1. The summed E-state index contributed by atoms with van der Waals surface area (Å²) in [7, 11) is 0. The molecule has 33 nitrogen and oxygen atoms in total. The lowest BCUT2D eigenvalue weighted by Gasteiger charge is -2.34. The lowest BCUT2D eigenvalue weighted by molar-refractivity contribution is -0.148. The number of rotatable bonds is 38. The van der Waals surface area contributed by atoms with Gasteiger partial charge in [0, 0.05) is 150 Å². The van der Waals surface area contributed by atoms with Gasteiger partial charge >= 0.3 is 0 Å². The van der Waals surface area contributed by atoms with E-state index < -0.39 is 149 Å². The second kappa shape index (κ2) is 41.7. The molecule has 0 aliphatic carbocycles. The largest absolute Gasteiger partial charge is 0.368 e. The van der Waals surface area contributed by atoms with E-state index in [0.717, 1.165) is 60.1 Å². The van der Waals surface area contributed by atoms with Crippen LogP contribution in [0.2, 0.25) is 0 Å². The Balaban J connectivity index is 0.697. The number of nitrogens with one attached hydrogen (secondary N) is 12. The number of H-pyrrole nitrogens is 5. The molecule has 0 radical (unpaired) electrons. The number of hydrogen-bond donors (Lipinski definition) is 15. The molecule has 0 bridgehead atoms. The van der Waals surface area contributed by atoms with E-state index in [1.165, 1.54) is 24.5 Å². The third kappa shape index (κ3) is 20.8. The lowest BCUT2D eigenvalue weighted by atomic mass is 9.97. The number of aromatic amines is 5. The molecule has 33 heteroatoms. The number of carbonyl (C=O) groups is 13. The number of benzene rings is 5. The van der Waals surface area contributed by atoms with Crippen molar-refractivity contribution in [1.82, 2.24) is 86.6 Å². The summed E-state index contributed by atoms with van der Waals surface area (Å²) in [4.78, 5) is 220. The summed E-state index contributed by atoms with van der Waals surface area (Å²) in [5, 5.41) is 25.0. The van der Waals surface area contributed by atoms with Crippen LogP contribution in [-0.4, -0.2) is 244 Å². The van der Waals surface area contributed by atoms with Gasteiger partial charge in [-0.2, -0.15) is 0 Å². The van der Waals surface area contributed by atoms with Crippen molar-refractivity contribution >= 4 is 131 Å². The molecule has 5 aromatic carbocycles. The number of nitrogens with two attached hydrogens (primary N) is 3. The van der Waals surface area contributed by atoms with E-state index >= 15 is 43.2 Å². The standard InChI is InChI=1S/C98H122N20O13/c1-5-57(4)85(100)93(126)113-76(45-56(2)3)94(127)115-41-19-35-81(115)90(123)108-74(46-58-51-102-68-28-11-6-23-63(58)68)88(121)107-73(33-16-17-39-99)87(120)110-77(48-60-53-104-70-30-13-8-25-65(60)70)95(128)116-42-20-36-82(116)91(124)109-75(47-59-52-103-69-29-12-7-24-64(59)69)89(122)111-78(49-61-54-105-71-31-14-9-26-66(61)71)96(129)117-43-21-37-83(117)92(125)112-79(50-62-55-106-72-32-15-10-27-67(62)72)97(130)118-44-22-38-84(118)98(131)114-40-18-34-80(114)86(101)119/h6-15,23-32,51-57,73-85,102-106H,5,16-22,33-50,99-100H2,1-4H3,(H2,101,119)(H,107,121)(H,108,123)(H,109,124)(H,110,120)(H,111,122)(H,112,125)(H,113,126)/t57-,73-,74-,75-,76-,77-,78-,79-,80-,81-,82-,83-,84-,85-/m0/s1. The average Bonchev–Trinajstić information content (AvgIpc) is 1.56. The summed E-state index contributed by atoms with van der Waals surface area (Å²) in [6.07, 6.45) is 13.6. The molecule has 0 spiro atoms. The predicted octanol–water partition coefficient (Wildman–Crippen LogP) is 5.99. The maximum atomic E-state index is 16.1. The van der Waals surface area contributed by atoms with Gasteiger partial charge in [-0.25, -0.2) is 0 Å². The zero-order valence-electron chi connectivity index (χ0n) is 74.8. The van der Waals surface area contributed by atoms with E-state index in [9.17, 15) is 19.2 Å². The van der Waals surface area contributed by atoms with Crippen LogP contribution in [0.3, 0.4) is 0 Å². The fourth-order valence-electron chi connectivity index (χ4n) is 20.0. The van der Waals surface area contributed by atoms with E-state index in [-0.39, 0.29) is 115 Å². The number of carbonyl (C=O) groups excluding carboxylic acids is 13. The van der Waals surface area contributed by atoms with Crippen LogP contribution in [0.5, 0.6) is 0 Å². The van der Waals surface area contributed by atoms with Crippen molar-refractivity contribution < 1.29 is 62.3 Å². The maximum Gasteiger partial charge on any atom is 0.246 e. The smallest absolute Gasteiger partial charge is 0.246 e. The molecule has 692 valence electrons. The summed E-state index contributed by atoms with van der Waals surface area (Å²) >= 11 is 0. The maximum absolute atomic E-state index is 16.1. The summed E-state index contributed by atoms with van der Waals surface area (Å²) in [6.45, 7) is 8.74. The molecule has 14 atom stereocenters. The first-order valence-corrected chi connectivity index (χ1v) is 46.5. The van der Waals surface area contributed by atoms with Gasteiger partial charge in [0.1, 0.15) is 72.5 Å². The first kappa shape index (κ1) is 92.5. The van der Waals surface area contributed by atoms with Crippen LogP contribution >= 0.6 is 0 Å². The van der Waals surface area contributed by atoms with Gasteiger partial charge in [-0.15, -0.1) is 0 Å². The molecule has 5 aliphatic heterocycles. The molecule has 18 N–H and O–H groups in total. The van der Waals surface area contributed by atoms with E-state index in [4.69, 9.17) is 17.2 Å². The molecule has 15 rings (SSSR count). The van der Waals surface area contributed by atoms with Crippen molar-refractivity contribution in [1.29, 1.82) is 0 Å². The first-order chi connectivity index (χ1) is 63.3. The van der Waals surface area contributed by atoms with E-state index in [0.29, 0.717) is 93.0 Å². The molecule has 5 fully saturated rings. The Hall–Kier alpha value is -13.2. The van der Waals surface area contributed by atoms with Crippen molar-refractivity contribution in [3.8, 4) is 0 Å². The second-order valence-electron chi connectivity index (χ2n) is 36.4. The van der Waals surface area contributed by atoms with Crippen molar-refractivity contribution in [2.75, 3.05) is 39.3 Å². The minimum Gasteiger partial charge on any atom is -0.368 e. The molecular formula is C98H122N20O13. The Kier molecular flexibility index (Phi) is 29.5. The van der Waals surface area contributed by atoms with Crippen LogP contribution in [0.15, 0.2) is 152 Å². The first-order valence-electron chi connectivity index (χ1n) is 46.5. The number of fused-ring (bicyclic) bond motifs is 5. The summed E-state index contributed by atoms with van der Waals surface area (Å²) in [6, 6.07) is 22.2. The summed E-state index contributed by atoms with van der Waals surface area (Å²) in [5.41, 5.74) is 25.4. The van der Waals surface area contributed by atoms with E-state index in [1.54, 1.807) is 31.0 Å². The molecular weight excluding hydrogens is 1670 g/mol. The third-order valence-electron chi connectivity index (χ3n) is 27.3. The van der Waals surface area contributed by atoms with Gasteiger partial charge in [0.15, 0.2) is 0 Å². The molecule has 5 aliphatic rings. The van der Waals surface area contributed by atoms with Crippen LogP contribution < -0.4 is 54.4 Å². The minimum atomic E-state index is -1.44. The highest BCUT2D eigenvalue weighted by atomic mass is 16.2. The Morgan fingerprint density at radius 1 is 0.359 bits per heavy atom. The highest BCUT2D eigenvalue weighted by Gasteiger charge is 2.48. The molecule has 0 saturated carbocycles. The molecule has 0 unspecified atom stereocenters. The van der Waals surface area contributed by atoms with Crippen molar-refractivity contribution in [2.24, 2.45) is 29.0 Å². The number of nitrogens with zero attached hydrogens (tertiary/aromatic N) is 5. The van der Waals surface area contributed by atoms with Crippen LogP contribution in [0, 0.1) is 11.8 Å². The molecule has 5 aromatic heterocycles. The minimum absolute atomic E-state index is 0.00448. The van der Waals surface area contributed by atoms with Gasteiger partial charge < -0.3 is 104 Å². The van der Waals surface area contributed by atoms with Crippen molar-refractivity contribution in [3.63, 3.8) is 0 Å². The van der Waals surface area contributed by atoms with Crippen LogP contribution in [0.1, 0.15) is 152 Å². The summed E-state index contributed by atoms with van der Waals surface area (Å²) < 4.78 is 0. The second-order valence-corrected chi connectivity index (χ2v) is 36.4. The fourth-order valence-corrected chi connectivity index (χ4v) is 20.0.